The highest BCUT2D eigenvalue weighted by molar-refractivity contribution is 8.38. The second-order valence-corrected chi connectivity index (χ2v) is 6.48. The average Bonchev–Trinajstić information content (AvgIpc) is 2.62. The number of benzene rings is 2. The third-order valence-electron chi connectivity index (χ3n) is 2.71. The maximum Gasteiger partial charge on any atom is 0.255 e. The molecule has 0 saturated carbocycles. The van der Waals surface area contributed by atoms with Crippen LogP contribution in [0.15, 0.2) is 9.79 Å². The number of hydrogen-bond donors (Lipinski definition) is 0. The lowest BCUT2D eigenvalue weighted by Crippen LogP contribution is -2.05. The molecule has 0 bridgehead atoms. The Morgan fingerprint density at radius 3 is 0.846 bits per heavy atom. The largest absolute Gasteiger partial charge is 0.274 e. The van der Waals surface area contributed by atoms with Gasteiger partial charge in [-0.1, -0.05) is 0 Å². The van der Waals surface area contributed by atoms with E-state index in [4.69, 9.17) is 0 Å². The van der Waals surface area contributed by atoms with Crippen LogP contribution >= 0.6 is 23.5 Å². The van der Waals surface area contributed by atoms with Crippen LogP contribution < -0.4 is 0 Å². The number of thioether (sulfide) groups is 2. The van der Waals surface area contributed by atoms with Crippen molar-refractivity contribution in [3.8, 4) is 0 Å². The molecule has 0 amide bonds. The summed E-state index contributed by atoms with van der Waals surface area (Å²) in [6, 6.07) is 0. The summed E-state index contributed by atoms with van der Waals surface area (Å²) in [5.41, 5.74) is 0. The first-order chi connectivity index (χ1) is 12.0. The summed E-state index contributed by atoms with van der Waals surface area (Å²) in [6.45, 7) is 0. The van der Waals surface area contributed by atoms with E-state index >= 15 is 0 Å². The minimum Gasteiger partial charge on any atom is -0.274 e. The van der Waals surface area contributed by atoms with Crippen molar-refractivity contribution in [1.29, 1.82) is 0 Å². The molecule has 2 aromatic rings. The third-order valence-corrected chi connectivity index (χ3v) is 4.67. The number of carbonyl (C=O) groups excluding carboxylic acids is 1. The lowest BCUT2D eigenvalue weighted by atomic mass is 10.3. The van der Waals surface area contributed by atoms with E-state index in [1.54, 1.807) is 0 Å². The number of halogens is 10. The van der Waals surface area contributed by atoms with E-state index in [1.807, 2.05) is 0 Å². The van der Waals surface area contributed by atoms with Crippen molar-refractivity contribution in [1.82, 2.24) is 0 Å². The Bertz CT molecular complexity index is 799. The van der Waals surface area contributed by atoms with Crippen molar-refractivity contribution in [3.63, 3.8) is 0 Å². The molecule has 0 atom stereocenters. The van der Waals surface area contributed by atoms with Gasteiger partial charge in [0.1, 0.15) is 0 Å². The molecule has 0 radical (unpaired) electrons. The van der Waals surface area contributed by atoms with Crippen molar-refractivity contribution in [2.75, 3.05) is 0 Å². The van der Waals surface area contributed by atoms with Gasteiger partial charge in [0, 0.05) is 0 Å². The van der Waals surface area contributed by atoms with E-state index < -0.39 is 95.9 Å². The van der Waals surface area contributed by atoms with Gasteiger partial charge in [-0.05, 0) is 23.5 Å². The summed E-state index contributed by atoms with van der Waals surface area (Å²) >= 11 is -1.37. The molecule has 0 N–H and O–H groups in total. The predicted molar refractivity (Wildman–Crippen MR) is 69.6 cm³/mol. The van der Waals surface area contributed by atoms with Gasteiger partial charge in [0.25, 0.3) is 4.45 Å². The van der Waals surface area contributed by atoms with Crippen molar-refractivity contribution < 1.29 is 48.7 Å². The van der Waals surface area contributed by atoms with E-state index in [0.29, 0.717) is 0 Å². The van der Waals surface area contributed by atoms with Gasteiger partial charge in [0.2, 0.25) is 11.6 Å². The first-order valence-electron chi connectivity index (χ1n) is 5.91. The normalized spacial score (nSPS) is 11.2. The fourth-order valence-electron chi connectivity index (χ4n) is 1.54. The van der Waals surface area contributed by atoms with Crippen molar-refractivity contribution >= 4 is 28.0 Å². The summed E-state index contributed by atoms with van der Waals surface area (Å²) in [5, 5.41) is 0. The van der Waals surface area contributed by atoms with Crippen LogP contribution in [0.1, 0.15) is 0 Å². The van der Waals surface area contributed by atoms with Crippen LogP contribution in [0.25, 0.3) is 0 Å². The highest BCUT2D eigenvalue weighted by Gasteiger charge is 2.31. The minimum atomic E-state index is -2.51. The Kier molecular flexibility index (Phi) is 5.80. The van der Waals surface area contributed by atoms with E-state index in [2.05, 4.69) is 0 Å². The van der Waals surface area contributed by atoms with Crippen molar-refractivity contribution in [2.24, 2.45) is 0 Å². The molecule has 0 aliphatic rings. The number of hydrogen-bond acceptors (Lipinski definition) is 3. The first kappa shape index (κ1) is 20.4. The van der Waals surface area contributed by atoms with Gasteiger partial charge in [-0.2, -0.15) is 0 Å². The van der Waals surface area contributed by atoms with Crippen LogP contribution in [0.4, 0.5) is 48.7 Å². The Labute approximate surface area is 145 Å². The molecule has 140 valence electrons. The van der Waals surface area contributed by atoms with Gasteiger partial charge in [-0.25, -0.2) is 43.9 Å². The van der Waals surface area contributed by atoms with Crippen LogP contribution in [0.5, 0.6) is 0 Å². The summed E-state index contributed by atoms with van der Waals surface area (Å²) in [5.74, 6) is -24.2. The number of carbonyl (C=O) groups is 1. The van der Waals surface area contributed by atoms with Crippen LogP contribution in [0.2, 0.25) is 0 Å². The molecule has 0 aromatic heterocycles. The van der Waals surface area contributed by atoms with Gasteiger partial charge in [-0.15, -0.1) is 0 Å². The molecule has 2 rings (SSSR count). The zero-order valence-electron chi connectivity index (χ0n) is 11.5. The molecule has 0 spiro atoms. The van der Waals surface area contributed by atoms with Gasteiger partial charge in [0.15, 0.2) is 46.5 Å². The van der Waals surface area contributed by atoms with Crippen molar-refractivity contribution in [3.05, 3.63) is 58.2 Å². The Morgan fingerprint density at radius 2 is 0.615 bits per heavy atom. The van der Waals surface area contributed by atoms with E-state index in [0.717, 1.165) is 0 Å². The molecule has 0 heterocycles. The number of rotatable bonds is 2. The van der Waals surface area contributed by atoms with Gasteiger partial charge in [-0.3, -0.25) is 4.79 Å². The molecule has 1 nitrogen and oxygen atoms in total. The second-order valence-electron chi connectivity index (χ2n) is 4.25. The van der Waals surface area contributed by atoms with Crippen LogP contribution in [-0.4, -0.2) is 4.45 Å². The zero-order valence-corrected chi connectivity index (χ0v) is 13.1. The van der Waals surface area contributed by atoms with Crippen LogP contribution in [0.3, 0.4) is 0 Å². The maximum atomic E-state index is 13.4. The summed E-state index contributed by atoms with van der Waals surface area (Å²) in [7, 11) is 0. The molecule has 26 heavy (non-hydrogen) atoms. The lowest BCUT2D eigenvalue weighted by Gasteiger charge is -2.08. The molecule has 13 heteroatoms. The topological polar surface area (TPSA) is 17.1 Å². The van der Waals surface area contributed by atoms with Gasteiger partial charge in [0.05, 0.1) is 9.79 Å². The first-order valence-corrected chi connectivity index (χ1v) is 7.54. The minimum absolute atomic E-state index is 0.683. The molecule has 0 fully saturated rings. The van der Waals surface area contributed by atoms with Crippen LogP contribution in [-0.2, 0) is 0 Å². The Balaban J connectivity index is 2.41. The van der Waals surface area contributed by atoms with Gasteiger partial charge < -0.3 is 0 Å². The monoisotopic (exact) mass is 426 g/mol. The lowest BCUT2D eigenvalue weighted by molar-refractivity contribution is 0.276. The molecule has 0 unspecified atom stereocenters. The maximum absolute atomic E-state index is 13.4. The Hall–Kier alpha value is -1.89. The van der Waals surface area contributed by atoms with E-state index in [9.17, 15) is 48.7 Å². The zero-order chi connectivity index (χ0) is 19.9. The molecule has 0 saturated heterocycles. The quantitative estimate of drug-likeness (QED) is 0.251. The smallest absolute Gasteiger partial charge is 0.255 e. The fourth-order valence-corrected chi connectivity index (χ4v) is 3.25. The average molecular weight is 426 g/mol. The summed E-state index contributed by atoms with van der Waals surface area (Å²) in [4.78, 5) is 8.18. The summed E-state index contributed by atoms with van der Waals surface area (Å²) in [6.07, 6.45) is 0. The molecular formula is C13F10OS2. The standard InChI is InChI=1S/C13F10OS2/c14-1-3(16)7(20)11(8(21)4(1)17)25-13(24)26-12-9(22)5(18)2(15)6(19)10(12)23. The van der Waals surface area contributed by atoms with Gasteiger partial charge >= 0.3 is 0 Å². The Morgan fingerprint density at radius 1 is 0.423 bits per heavy atom. The fraction of sp³-hybridized carbons (Fsp3) is 0. The molecule has 0 aliphatic heterocycles. The molecular weight excluding hydrogens is 426 g/mol. The third kappa shape index (κ3) is 3.37. The van der Waals surface area contributed by atoms with E-state index in [1.165, 1.54) is 0 Å². The highest BCUT2D eigenvalue weighted by Crippen LogP contribution is 2.39. The van der Waals surface area contributed by atoms with Crippen molar-refractivity contribution in [2.45, 2.75) is 9.79 Å². The van der Waals surface area contributed by atoms with E-state index in [-0.39, 0.29) is 0 Å². The second kappa shape index (κ2) is 7.39. The van der Waals surface area contributed by atoms with Crippen LogP contribution in [0, 0.1) is 58.2 Å². The predicted octanol–water partition coefficient (Wildman–Crippen LogP) is 6.08. The molecule has 0 aliphatic carbocycles. The summed E-state index contributed by atoms with van der Waals surface area (Å²) < 4.78 is 130. The highest BCUT2D eigenvalue weighted by atomic mass is 32.2. The SMILES string of the molecule is O=C(Sc1c(F)c(F)c(F)c(F)c1F)Sc1c(F)c(F)c(F)c(F)c1F. The molecule has 2 aromatic carbocycles.